The number of carbonyl (C=O) groups excluding carboxylic acids is 5. The summed E-state index contributed by atoms with van der Waals surface area (Å²) in [4.78, 5) is 59.9. The Bertz CT molecular complexity index is 1330. The summed E-state index contributed by atoms with van der Waals surface area (Å²) in [5.74, 6) is -1.76. The number of hydrogen-bond donors (Lipinski definition) is 0. The molecular formula is C36H50O12. The zero-order valence-electron chi connectivity index (χ0n) is 29.2. The molecule has 1 heterocycles. The predicted molar refractivity (Wildman–Crippen MR) is 173 cm³/mol. The molecule has 12 heteroatoms. The first-order valence-electron chi connectivity index (χ1n) is 16.7. The molecule has 1 unspecified atom stereocenters. The summed E-state index contributed by atoms with van der Waals surface area (Å²) in [5, 5.41) is 0. The van der Waals surface area contributed by atoms with Crippen LogP contribution < -0.4 is 9.47 Å². The minimum Gasteiger partial charge on any atom is -0.487 e. The van der Waals surface area contributed by atoms with Crippen LogP contribution in [0.5, 0.6) is 11.5 Å². The quantitative estimate of drug-likeness (QED) is 0.0470. The molecule has 0 aromatic heterocycles. The third-order valence-electron chi connectivity index (χ3n) is 8.44. The number of allylic oxidation sites excluding steroid dienone is 2. The van der Waals surface area contributed by atoms with Crippen LogP contribution >= 0.6 is 0 Å². The van der Waals surface area contributed by atoms with E-state index in [1.165, 1.54) is 19.4 Å². The fourth-order valence-electron chi connectivity index (χ4n) is 6.10. The molecule has 266 valence electrons. The highest BCUT2D eigenvalue weighted by molar-refractivity contribution is 5.73. The van der Waals surface area contributed by atoms with E-state index < -0.39 is 54.4 Å². The van der Waals surface area contributed by atoms with Crippen molar-refractivity contribution >= 4 is 30.0 Å². The van der Waals surface area contributed by atoms with Crippen molar-refractivity contribution in [2.24, 2.45) is 11.8 Å². The number of hydrogen-bond acceptors (Lipinski definition) is 12. The maximum absolute atomic E-state index is 12.8. The number of rotatable bonds is 16. The van der Waals surface area contributed by atoms with Gasteiger partial charge in [0, 0.05) is 44.1 Å². The molecule has 0 N–H and O–H groups in total. The molecule has 1 aliphatic heterocycles. The lowest BCUT2D eigenvalue weighted by Gasteiger charge is -2.46. The van der Waals surface area contributed by atoms with Crippen LogP contribution in [0.4, 0.5) is 4.79 Å². The summed E-state index contributed by atoms with van der Waals surface area (Å²) in [6.45, 7) is 11.2. The molecule has 3 rings (SSSR count). The Morgan fingerprint density at radius 2 is 1.60 bits per heavy atom. The second kappa shape index (κ2) is 17.9. The zero-order valence-corrected chi connectivity index (χ0v) is 29.2. The molecule has 0 spiro atoms. The van der Waals surface area contributed by atoms with Crippen molar-refractivity contribution in [3.63, 3.8) is 0 Å². The molecule has 1 aliphatic carbocycles. The molecule has 2 aliphatic rings. The van der Waals surface area contributed by atoms with Crippen molar-refractivity contribution < 1.29 is 57.1 Å². The zero-order chi connectivity index (χ0) is 35.4. The third-order valence-corrected chi connectivity index (χ3v) is 8.44. The Morgan fingerprint density at radius 3 is 2.25 bits per heavy atom. The van der Waals surface area contributed by atoms with Crippen LogP contribution in [0.25, 0.3) is 0 Å². The summed E-state index contributed by atoms with van der Waals surface area (Å²) in [6.07, 6.45) is 5.79. The fourth-order valence-corrected chi connectivity index (χ4v) is 6.10. The van der Waals surface area contributed by atoms with Crippen LogP contribution in [0, 0.1) is 11.8 Å². The van der Waals surface area contributed by atoms with Crippen LogP contribution in [0.3, 0.4) is 0 Å². The maximum atomic E-state index is 12.8. The first-order valence-corrected chi connectivity index (χ1v) is 16.7. The summed E-state index contributed by atoms with van der Waals surface area (Å²) in [6, 6.07) is 3.93. The SMILES string of the molecule is CCCCCc1cc(OC(=O)OCOC(=O)CC(C)CC(=O)OC(COC(C)=O)COC(C)=O)c2c(c1)OC(C)(C)[C@@H]1CCC(C)=C[C@@H]21. The molecule has 0 fully saturated rings. The molecule has 0 saturated heterocycles. The average molecular weight is 675 g/mol. The van der Waals surface area contributed by atoms with Gasteiger partial charge in [-0.25, -0.2) is 4.79 Å². The van der Waals surface area contributed by atoms with Gasteiger partial charge >= 0.3 is 30.0 Å². The van der Waals surface area contributed by atoms with Gasteiger partial charge in [-0.2, -0.15) is 0 Å². The van der Waals surface area contributed by atoms with Gasteiger partial charge in [-0.3, -0.25) is 19.2 Å². The lowest BCUT2D eigenvalue weighted by molar-refractivity contribution is -0.166. The van der Waals surface area contributed by atoms with E-state index in [9.17, 15) is 24.0 Å². The van der Waals surface area contributed by atoms with E-state index in [2.05, 4.69) is 39.8 Å². The number of fused-ring (bicyclic) bond motifs is 3. The molecule has 1 aromatic rings. The van der Waals surface area contributed by atoms with Crippen LogP contribution in [-0.2, 0) is 49.3 Å². The number of ether oxygens (including phenoxy) is 7. The second-order valence-corrected chi connectivity index (χ2v) is 13.2. The van der Waals surface area contributed by atoms with Crippen LogP contribution in [0.2, 0.25) is 0 Å². The van der Waals surface area contributed by atoms with Gasteiger partial charge in [0.25, 0.3) is 0 Å². The monoisotopic (exact) mass is 674 g/mol. The fraction of sp³-hybridized carbons (Fsp3) is 0.639. The summed E-state index contributed by atoms with van der Waals surface area (Å²) < 4.78 is 37.4. The topological polar surface area (TPSA) is 150 Å². The van der Waals surface area contributed by atoms with Gasteiger partial charge < -0.3 is 33.2 Å². The number of esters is 4. The van der Waals surface area contributed by atoms with Gasteiger partial charge in [0.15, 0.2) is 6.10 Å². The number of aryl methyl sites for hydroxylation is 1. The average Bonchev–Trinajstić information content (AvgIpc) is 2.97. The Balaban J connectivity index is 1.57. The van der Waals surface area contributed by atoms with Gasteiger partial charge in [-0.1, -0.05) is 38.3 Å². The van der Waals surface area contributed by atoms with Crippen molar-refractivity contribution in [3.8, 4) is 11.5 Å². The van der Waals surface area contributed by atoms with Gasteiger partial charge in [0.05, 0.1) is 0 Å². The minimum atomic E-state index is -1.02. The van der Waals surface area contributed by atoms with Gasteiger partial charge in [0.2, 0.25) is 6.79 Å². The largest absolute Gasteiger partial charge is 0.516 e. The highest BCUT2D eigenvalue weighted by Gasteiger charge is 2.45. The Morgan fingerprint density at radius 1 is 0.938 bits per heavy atom. The molecule has 3 atom stereocenters. The summed E-state index contributed by atoms with van der Waals surface area (Å²) >= 11 is 0. The van der Waals surface area contributed by atoms with E-state index in [0.29, 0.717) is 11.5 Å². The van der Waals surface area contributed by atoms with E-state index >= 15 is 0 Å². The maximum Gasteiger partial charge on any atom is 0.516 e. The predicted octanol–water partition coefficient (Wildman–Crippen LogP) is 6.50. The lowest BCUT2D eigenvalue weighted by Crippen LogP contribution is -2.45. The molecule has 0 amide bonds. The van der Waals surface area contributed by atoms with Crippen molar-refractivity contribution in [3.05, 3.63) is 34.9 Å². The van der Waals surface area contributed by atoms with Crippen molar-refractivity contribution in [2.75, 3.05) is 20.0 Å². The highest BCUT2D eigenvalue weighted by atomic mass is 16.8. The van der Waals surface area contributed by atoms with Gasteiger partial charge in [-0.15, -0.1) is 0 Å². The Hall–Kier alpha value is -4.09. The highest BCUT2D eigenvalue weighted by Crippen LogP contribution is 2.53. The first kappa shape index (κ1) is 38.4. The molecule has 12 nitrogen and oxygen atoms in total. The first-order chi connectivity index (χ1) is 22.7. The normalized spacial score (nSPS) is 18.2. The van der Waals surface area contributed by atoms with E-state index in [4.69, 9.17) is 33.2 Å². The summed E-state index contributed by atoms with van der Waals surface area (Å²) in [7, 11) is 0. The van der Waals surface area contributed by atoms with Crippen LogP contribution in [0.15, 0.2) is 23.8 Å². The van der Waals surface area contributed by atoms with Crippen molar-refractivity contribution in [2.45, 2.75) is 117 Å². The number of unbranched alkanes of at least 4 members (excludes halogenated alkanes) is 2. The molecule has 1 aromatic carbocycles. The van der Waals surface area contributed by atoms with E-state index in [-0.39, 0.29) is 37.9 Å². The minimum absolute atomic E-state index is 0.00889. The number of carbonyl (C=O) groups is 5. The van der Waals surface area contributed by atoms with Crippen LogP contribution in [-0.4, -0.2) is 61.7 Å². The lowest BCUT2D eigenvalue weighted by atomic mass is 9.68. The standard InChI is InChI=1S/C36H50O12/c1-8-9-10-11-26-17-30(34-28-14-22(2)12-13-29(28)36(6,7)48-31(34)18-26)47-35(41)45-21-44-32(39)15-23(3)16-33(40)46-27(19-42-24(4)37)20-43-25(5)38/h14,17-18,23,27-29H,8-13,15-16,19-21H2,1-7H3/t23?,28-,29-/m1/s1. The van der Waals surface area contributed by atoms with Crippen LogP contribution in [0.1, 0.15) is 110 Å². The van der Waals surface area contributed by atoms with Crippen molar-refractivity contribution in [1.82, 2.24) is 0 Å². The smallest absolute Gasteiger partial charge is 0.487 e. The van der Waals surface area contributed by atoms with Crippen molar-refractivity contribution in [1.29, 1.82) is 0 Å². The Labute approximate surface area is 282 Å². The third kappa shape index (κ3) is 11.9. The van der Waals surface area contributed by atoms with Gasteiger partial charge in [0.1, 0.15) is 30.3 Å². The molecule has 0 radical (unpaired) electrons. The van der Waals surface area contributed by atoms with E-state index in [1.807, 2.05) is 6.07 Å². The molecule has 0 bridgehead atoms. The Kier molecular flexibility index (Phi) is 14.3. The summed E-state index contributed by atoms with van der Waals surface area (Å²) in [5.41, 5.74) is 2.69. The van der Waals surface area contributed by atoms with E-state index in [0.717, 1.165) is 49.7 Å². The van der Waals surface area contributed by atoms with Gasteiger partial charge in [-0.05, 0) is 70.1 Å². The molecule has 0 saturated carbocycles. The number of benzene rings is 1. The second-order valence-electron chi connectivity index (χ2n) is 13.2. The molecular weight excluding hydrogens is 624 g/mol. The van der Waals surface area contributed by atoms with E-state index in [1.54, 1.807) is 6.92 Å². The molecule has 48 heavy (non-hydrogen) atoms.